The van der Waals surface area contributed by atoms with Gasteiger partial charge in [-0.25, -0.2) is 0 Å². The first-order valence-corrected chi connectivity index (χ1v) is 6.02. The summed E-state index contributed by atoms with van der Waals surface area (Å²) in [4.78, 5) is 46.8. The van der Waals surface area contributed by atoms with E-state index in [9.17, 15) is 19.2 Å². The van der Waals surface area contributed by atoms with Gasteiger partial charge in [0.2, 0.25) is 11.8 Å². The lowest BCUT2D eigenvalue weighted by atomic mass is 9.56. The van der Waals surface area contributed by atoms with Gasteiger partial charge in [0, 0.05) is 19.3 Å². The highest BCUT2D eigenvalue weighted by Crippen LogP contribution is 2.53. The second-order valence-corrected chi connectivity index (χ2v) is 5.30. The summed E-state index contributed by atoms with van der Waals surface area (Å²) in [6, 6.07) is 0. The molecule has 1 saturated heterocycles. The standard InChI is InChI=1S/C12H13NO5/c1-5(14)18-12-3-2-6(7(15)4-12)8-9(12)11(17)13-10(8)16/h6,8-9H,2-4H2,1H3,(H,13,16,17). The lowest BCUT2D eigenvalue weighted by Gasteiger charge is -2.49. The highest BCUT2D eigenvalue weighted by molar-refractivity contribution is 6.09. The number of imide groups is 1. The van der Waals surface area contributed by atoms with Gasteiger partial charge in [-0.2, -0.15) is 0 Å². The molecule has 4 atom stereocenters. The van der Waals surface area contributed by atoms with Crippen LogP contribution in [0.5, 0.6) is 0 Å². The summed E-state index contributed by atoms with van der Waals surface area (Å²) in [5.74, 6) is -3.14. The molecule has 1 heterocycles. The van der Waals surface area contributed by atoms with Gasteiger partial charge in [0.1, 0.15) is 11.4 Å². The Morgan fingerprint density at radius 1 is 1.33 bits per heavy atom. The Bertz CT molecular complexity index is 481. The Labute approximate surface area is 103 Å². The molecule has 4 fully saturated rings. The molecule has 6 heteroatoms. The maximum Gasteiger partial charge on any atom is 0.303 e. The second-order valence-electron chi connectivity index (χ2n) is 5.30. The number of carbonyl (C=O) groups is 4. The first-order valence-electron chi connectivity index (χ1n) is 6.02. The van der Waals surface area contributed by atoms with Crippen LogP contribution in [0.15, 0.2) is 0 Å². The van der Waals surface area contributed by atoms with Gasteiger partial charge in [-0.05, 0) is 12.8 Å². The predicted molar refractivity (Wildman–Crippen MR) is 57.0 cm³/mol. The zero-order chi connectivity index (χ0) is 13.1. The molecule has 3 saturated carbocycles. The quantitative estimate of drug-likeness (QED) is 0.504. The Kier molecular flexibility index (Phi) is 2.15. The third kappa shape index (κ3) is 1.28. The number of carbonyl (C=O) groups excluding carboxylic acids is 4. The summed E-state index contributed by atoms with van der Waals surface area (Å²) < 4.78 is 5.30. The number of rotatable bonds is 1. The lowest BCUT2D eigenvalue weighted by molar-refractivity contribution is -0.189. The first kappa shape index (κ1) is 11.4. The summed E-state index contributed by atoms with van der Waals surface area (Å²) >= 11 is 0. The van der Waals surface area contributed by atoms with E-state index < -0.39 is 35.2 Å². The Morgan fingerprint density at radius 3 is 2.67 bits per heavy atom. The van der Waals surface area contributed by atoms with Gasteiger partial charge in [0.05, 0.1) is 11.8 Å². The number of hydrogen-bond acceptors (Lipinski definition) is 5. The van der Waals surface area contributed by atoms with E-state index in [1.807, 2.05) is 0 Å². The number of Topliss-reactive ketones (excluding diaryl/α,β-unsaturated/α-hetero) is 1. The minimum absolute atomic E-state index is 0.0547. The molecule has 4 aliphatic rings. The van der Waals surface area contributed by atoms with Crippen LogP contribution < -0.4 is 5.32 Å². The minimum Gasteiger partial charge on any atom is -0.458 e. The van der Waals surface area contributed by atoms with Crippen LogP contribution in [-0.4, -0.2) is 29.2 Å². The Balaban J connectivity index is 2.06. The first-order chi connectivity index (χ1) is 8.44. The number of nitrogens with one attached hydrogen (secondary N) is 1. The van der Waals surface area contributed by atoms with E-state index in [0.29, 0.717) is 12.8 Å². The molecule has 4 rings (SSSR count). The van der Waals surface area contributed by atoms with Crippen LogP contribution in [0.1, 0.15) is 26.2 Å². The van der Waals surface area contributed by atoms with E-state index >= 15 is 0 Å². The second kappa shape index (κ2) is 3.40. The molecular weight excluding hydrogens is 238 g/mol. The molecule has 18 heavy (non-hydrogen) atoms. The third-order valence-corrected chi connectivity index (χ3v) is 4.30. The summed E-state index contributed by atoms with van der Waals surface area (Å²) in [6.07, 6.45) is 1.04. The molecule has 1 N–H and O–H groups in total. The largest absolute Gasteiger partial charge is 0.458 e. The molecule has 0 spiro atoms. The van der Waals surface area contributed by atoms with E-state index in [1.165, 1.54) is 6.92 Å². The highest BCUT2D eigenvalue weighted by Gasteiger charge is 2.66. The normalized spacial score (nSPS) is 41.6. The van der Waals surface area contributed by atoms with Gasteiger partial charge in [0.25, 0.3) is 0 Å². The van der Waals surface area contributed by atoms with Crippen molar-refractivity contribution in [3.63, 3.8) is 0 Å². The number of ether oxygens (including phenoxy) is 1. The number of fused-ring (bicyclic) bond motifs is 2. The molecule has 2 bridgehead atoms. The fraction of sp³-hybridized carbons (Fsp3) is 0.667. The van der Waals surface area contributed by atoms with Gasteiger partial charge < -0.3 is 4.74 Å². The number of ketones is 1. The highest BCUT2D eigenvalue weighted by atomic mass is 16.6. The van der Waals surface area contributed by atoms with Crippen molar-refractivity contribution in [3.05, 3.63) is 0 Å². The summed E-state index contributed by atoms with van der Waals surface area (Å²) in [7, 11) is 0. The molecule has 0 radical (unpaired) electrons. The van der Waals surface area contributed by atoms with E-state index in [1.54, 1.807) is 0 Å². The van der Waals surface area contributed by atoms with Crippen molar-refractivity contribution in [1.82, 2.24) is 5.32 Å². The van der Waals surface area contributed by atoms with Gasteiger partial charge in [-0.1, -0.05) is 0 Å². The summed E-state index contributed by atoms with van der Waals surface area (Å²) in [6.45, 7) is 1.25. The number of amides is 2. The van der Waals surface area contributed by atoms with Crippen molar-refractivity contribution in [2.75, 3.05) is 0 Å². The zero-order valence-corrected chi connectivity index (χ0v) is 9.89. The smallest absolute Gasteiger partial charge is 0.303 e. The molecule has 2 amide bonds. The lowest BCUT2D eigenvalue weighted by Crippen LogP contribution is -2.60. The Hall–Kier alpha value is -1.72. The van der Waals surface area contributed by atoms with Gasteiger partial charge in [0.15, 0.2) is 0 Å². The van der Waals surface area contributed by atoms with Crippen molar-refractivity contribution in [3.8, 4) is 0 Å². The van der Waals surface area contributed by atoms with E-state index in [4.69, 9.17) is 4.74 Å². The average Bonchev–Trinajstić information content (AvgIpc) is 2.55. The maximum atomic E-state index is 12.0. The molecule has 0 aromatic heterocycles. The molecule has 4 unspecified atom stereocenters. The van der Waals surface area contributed by atoms with Crippen molar-refractivity contribution in [2.45, 2.75) is 31.8 Å². The topological polar surface area (TPSA) is 89.5 Å². The summed E-state index contributed by atoms with van der Waals surface area (Å²) in [5, 5.41) is 2.26. The van der Waals surface area contributed by atoms with Crippen molar-refractivity contribution in [2.24, 2.45) is 17.8 Å². The van der Waals surface area contributed by atoms with Crippen molar-refractivity contribution in [1.29, 1.82) is 0 Å². The zero-order valence-electron chi connectivity index (χ0n) is 9.89. The Morgan fingerprint density at radius 2 is 2.06 bits per heavy atom. The van der Waals surface area contributed by atoms with Crippen LogP contribution in [0, 0.1) is 17.8 Å². The van der Waals surface area contributed by atoms with Crippen LogP contribution in [0.2, 0.25) is 0 Å². The van der Waals surface area contributed by atoms with Gasteiger partial charge in [-0.3, -0.25) is 24.5 Å². The fourth-order valence-corrected chi connectivity index (χ4v) is 3.74. The van der Waals surface area contributed by atoms with E-state index in [2.05, 4.69) is 5.32 Å². The minimum atomic E-state index is -1.10. The van der Waals surface area contributed by atoms with Crippen LogP contribution >= 0.6 is 0 Å². The van der Waals surface area contributed by atoms with Gasteiger partial charge in [-0.15, -0.1) is 0 Å². The van der Waals surface area contributed by atoms with Crippen LogP contribution in [0.4, 0.5) is 0 Å². The van der Waals surface area contributed by atoms with Crippen LogP contribution in [-0.2, 0) is 23.9 Å². The molecule has 0 aromatic rings. The van der Waals surface area contributed by atoms with E-state index in [0.717, 1.165) is 0 Å². The molecule has 96 valence electrons. The number of hydrogen-bond donors (Lipinski definition) is 1. The van der Waals surface area contributed by atoms with Gasteiger partial charge >= 0.3 is 5.97 Å². The molecule has 6 nitrogen and oxygen atoms in total. The summed E-state index contributed by atoms with van der Waals surface area (Å²) in [5.41, 5.74) is -1.10. The average molecular weight is 251 g/mol. The monoisotopic (exact) mass is 251 g/mol. The SMILES string of the molecule is CC(=O)OC12CCC(C(=O)C1)C1C(=O)NC(=O)C12. The fourth-order valence-electron chi connectivity index (χ4n) is 3.74. The molecular formula is C12H13NO5. The van der Waals surface area contributed by atoms with Crippen LogP contribution in [0.3, 0.4) is 0 Å². The van der Waals surface area contributed by atoms with Crippen molar-refractivity contribution >= 4 is 23.6 Å². The van der Waals surface area contributed by atoms with Crippen LogP contribution in [0.25, 0.3) is 0 Å². The molecule has 0 aromatic carbocycles. The van der Waals surface area contributed by atoms with E-state index in [-0.39, 0.29) is 18.1 Å². The van der Waals surface area contributed by atoms with Crippen molar-refractivity contribution < 1.29 is 23.9 Å². The predicted octanol–water partition coefficient (Wildman–Crippen LogP) is -0.440. The molecule has 1 aliphatic heterocycles. The molecule has 3 aliphatic carbocycles. The maximum absolute atomic E-state index is 12.0. The third-order valence-electron chi connectivity index (χ3n) is 4.30. The number of esters is 1.